The van der Waals surface area contributed by atoms with Crippen LogP contribution < -0.4 is 29.6 Å². The molecule has 4 aliphatic rings. The summed E-state index contributed by atoms with van der Waals surface area (Å²) in [6, 6.07) is 0. The Bertz CT molecular complexity index is 623. The van der Waals surface area contributed by atoms with Gasteiger partial charge in [-0.1, -0.05) is 0 Å². The topological polar surface area (TPSA) is 110 Å². The van der Waals surface area contributed by atoms with Crippen molar-refractivity contribution in [1.29, 1.82) is 0 Å². The standard InChI is InChI=1S/C12H14F2O7S.Na/c13-12(14,22(17,18)19)11(16)21-9-6-1-5-2-7(4-6)10(15)20-8(9)3-5;/h5-9H,1-4H2,(H,17,18,19);/q;+1/p-1. The molecule has 124 valence electrons. The van der Waals surface area contributed by atoms with Crippen LogP contribution in [0.2, 0.25) is 0 Å². The van der Waals surface area contributed by atoms with Gasteiger partial charge in [-0.25, -0.2) is 13.2 Å². The molecule has 0 aromatic carbocycles. The molecule has 2 aliphatic heterocycles. The molecular formula is C12H13F2NaO7S. The van der Waals surface area contributed by atoms with Gasteiger partial charge in [0.1, 0.15) is 12.2 Å². The molecule has 4 fully saturated rings. The van der Waals surface area contributed by atoms with Gasteiger partial charge in [0.15, 0.2) is 10.1 Å². The second-order valence-electron chi connectivity index (χ2n) is 6.08. The molecule has 2 aliphatic carbocycles. The maximum Gasteiger partial charge on any atom is 1.00 e. The molecule has 5 atom stereocenters. The second-order valence-corrected chi connectivity index (χ2v) is 7.50. The first-order valence-electron chi connectivity index (χ1n) is 6.84. The molecule has 0 aromatic rings. The molecule has 2 saturated carbocycles. The Kier molecular flexibility index (Phi) is 5.14. The number of ether oxygens (including phenoxy) is 2. The van der Waals surface area contributed by atoms with Crippen molar-refractivity contribution in [2.75, 3.05) is 0 Å². The van der Waals surface area contributed by atoms with Crippen molar-refractivity contribution in [3.8, 4) is 0 Å². The summed E-state index contributed by atoms with van der Waals surface area (Å²) in [7, 11) is -6.16. The number of hydrogen-bond donors (Lipinski definition) is 0. The van der Waals surface area contributed by atoms with Gasteiger partial charge >= 0.3 is 46.8 Å². The number of halogens is 2. The van der Waals surface area contributed by atoms with Gasteiger partial charge in [-0.2, -0.15) is 8.78 Å². The van der Waals surface area contributed by atoms with Gasteiger partial charge in [-0.15, -0.1) is 0 Å². The molecule has 0 radical (unpaired) electrons. The van der Waals surface area contributed by atoms with E-state index in [9.17, 15) is 31.3 Å². The van der Waals surface area contributed by atoms with Crippen LogP contribution in [-0.2, 0) is 29.2 Å². The summed E-state index contributed by atoms with van der Waals surface area (Å²) < 4.78 is 67.6. The molecule has 11 heteroatoms. The minimum absolute atomic E-state index is 0. The zero-order valence-electron chi connectivity index (χ0n) is 12.2. The Balaban J connectivity index is 0.00000192. The largest absolute Gasteiger partial charge is 1.00 e. The maximum absolute atomic E-state index is 13.2. The zero-order valence-corrected chi connectivity index (χ0v) is 15.1. The second kappa shape index (κ2) is 6.21. The predicted molar refractivity (Wildman–Crippen MR) is 63.3 cm³/mol. The van der Waals surface area contributed by atoms with Crippen LogP contribution in [0.3, 0.4) is 0 Å². The van der Waals surface area contributed by atoms with Gasteiger partial charge in [0.25, 0.3) is 0 Å². The number of esters is 2. The van der Waals surface area contributed by atoms with Crippen molar-refractivity contribution < 1.29 is 70.4 Å². The van der Waals surface area contributed by atoms with E-state index >= 15 is 0 Å². The molecule has 7 nitrogen and oxygen atoms in total. The molecular weight excluding hydrogens is 349 g/mol. The molecule has 0 N–H and O–H groups in total. The van der Waals surface area contributed by atoms with Gasteiger partial charge < -0.3 is 14.0 Å². The van der Waals surface area contributed by atoms with E-state index in [1.54, 1.807) is 0 Å². The van der Waals surface area contributed by atoms with Crippen molar-refractivity contribution >= 4 is 22.1 Å². The Labute approximate surface area is 153 Å². The van der Waals surface area contributed by atoms with E-state index in [-0.39, 0.29) is 47.3 Å². The average molecular weight is 362 g/mol. The SMILES string of the molecule is O=C1OC2CC3CC1CC(C3)C2OC(=O)C(F)(F)S(=O)(=O)[O-].[Na+]. The fourth-order valence-corrected chi connectivity index (χ4v) is 3.98. The Hall–Kier alpha value is -0.290. The van der Waals surface area contributed by atoms with Crippen molar-refractivity contribution in [3.05, 3.63) is 0 Å². The third-order valence-corrected chi connectivity index (χ3v) is 5.43. The van der Waals surface area contributed by atoms with Gasteiger partial charge in [0.2, 0.25) is 0 Å². The summed E-state index contributed by atoms with van der Waals surface area (Å²) in [5.41, 5.74) is 0. The Morgan fingerprint density at radius 1 is 1.26 bits per heavy atom. The van der Waals surface area contributed by atoms with Crippen LogP contribution in [0, 0.1) is 17.8 Å². The van der Waals surface area contributed by atoms with Crippen LogP contribution in [0.15, 0.2) is 0 Å². The molecule has 0 amide bonds. The minimum Gasteiger partial charge on any atom is -0.743 e. The maximum atomic E-state index is 13.2. The molecule has 5 unspecified atom stereocenters. The summed E-state index contributed by atoms with van der Waals surface area (Å²) in [6.45, 7) is 0. The summed E-state index contributed by atoms with van der Waals surface area (Å²) in [4.78, 5) is 23.2. The average Bonchev–Trinajstić information content (AvgIpc) is 2.55. The van der Waals surface area contributed by atoms with E-state index < -0.39 is 39.5 Å². The van der Waals surface area contributed by atoms with E-state index in [2.05, 4.69) is 4.74 Å². The Morgan fingerprint density at radius 2 is 1.91 bits per heavy atom. The van der Waals surface area contributed by atoms with Crippen LogP contribution in [0.25, 0.3) is 0 Å². The van der Waals surface area contributed by atoms with Crippen LogP contribution in [0.5, 0.6) is 0 Å². The van der Waals surface area contributed by atoms with Gasteiger partial charge in [0, 0.05) is 5.92 Å². The fourth-order valence-electron chi connectivity index (χ4n) is 3.73. The van der Waals surface area contributed by atoms with Crippen molar-refractivity contribution in [2.45, 2.75) is 43.1 Å². The molecule has 0 spiro atoms. The smallest absolute Gasteiger partial charge is 0.743 e. The number of rotatable bonds is 3. The summed E-state index contributed by atoms with van der Waals surface area (Å²) in [6.07, 6.45) is -0.00993. The molecule has 4 bridgehead atoms. The first-order chi connectivity index (χ1) is 10.1. The number of alkyl halides is 2. The quantitative estimate of drug-likeness (QED) is 0.308. The predicted octanol–water partition coefficient (Wildman–Crippen LogP) is -2.60. The van der Waals surface area contributed by atoms with Gasteiger partial charge in [-0.3, -0.25) is 4.79 Å². The monoisotopic (exact) mass is 362 g/mol. The van der Waals surface area contributed by atoms with E-state index in [1.807, 2.05) is 0 Å². The number of carbonyl (C=O) groups excluding carboxylic acids is 2. The Morgan fingerprint density at radius 3 is 2.52 bits per heavy atom. The van der Waals surface area contributed by atoms with E-state index in [4.69, 9.17) is 4.74 Å². The van der Waals surface area contributed by atoms with Crippen LogP contribution in [-0.4, -0.2) is 42.4 Å². The van der Waals surface area contributed by atoms with E-state index in [0.717, 1.165) is 0 Å². The third kappa shape index (κ3) is 3.28. The first kappa shape index (κ1) is 19.0. The summed E-state index contributed by atoms with van der Waals surface area (Å²) >= 11 is 0. The third-order valence-electron chi connectivity index (χ3n) is 4.63. The van der Waals surface area contributed by atoms with Crippen molar-refractivity contribution in [1.82, 2.24) is 0 Å². The van der Waals surface area contributed by atoms with Crippen LogP contribution in [0.4, 0.5) is 8.78 Å². The normalized spacial score (nSPS) is 36.0. The number of hydrogen-bond acceptors (Lipinski definition) is 7. The fraction of sp³-hybridized carbons (Fsp3) is 0.833. The molecule has 2 saturated heterocycles. The van der Waals surface area contributed by atoms with E-state index in [0.29, 0.717) is 25.7 Å². The molecule has 0 aromatic heterocycles. The zero-order chi connectivity index (χ0) is 16.3. The van der Waals surface area contributed by atoms with Crippen LogP contribution >= 0.6 is 0 Å². The minimum atomic E-state index is -6.16. The number of carbonyl (C=O) groups is 2. The van der Waals surface area contributed by atoms with Crippen LogP contribution in [0.1, 0.15) is 25.7 Å². The van der Waals surface area contributed by atoms with Crippen molar-refractivity contribution in [2.24, 2.45) is 17.8 Å². The van der Waals surface area contributed by atoms with Gasteiger partial charge in [-0.05, 0) is 31.6 Å². The summed E-state index contributed by atoms with van der Waals surface area (Å²) in [5.74, 6) is -3.35. The van der Waals surface area contributed by atoms with E-state index in [1.165, 1.54) is 0 Å². The molecule has 4 rings (SSSR count). The summed E-state index contributed by atoms with van der Waals surface area (Å²) in [5, 5.41) is -5.15. The van der Waals surface area contributed by atoms with Crippen molar-refractivity contribution in [3.63, 3.8) is 0 Å². The number of fused-ring (bicyclic) bond motifs is 1. The van der Waals surface area contributed by atoms with Gasteiger partial charge in [0.05, 0.1) is 5.92 Å². The first-order valence-corrected chi connectivity index (χ1v) is 8.25. The molecule has 23 heavy (non-hydrogen) atoms. The molecule has 2 heterocycles.